The molecule has 1 aliphatic heterocycles. The van der Waals surface area contributed by atoms with Crippen molar-refractivity contribution in [3.63, 3.8) is 0 Å². The molecule has 172 valence electrons. The molecule has 1 aliphatic carbocycles. The molecule has 3 rings (SSSR count). The monoisotopic (exact) mass is 461 g/mol. The van der Waals surface area contributed by atoms with E-state index in [2.05, 4.69) is 78.3 Å². The second kappa shape index (κ2) is 11.8. The van der Waals surface area contributed by atoms with Crippen molar-refractivity contribution in [3.05, 3.63) is 52.5 Å². The summed E-state index contributed by atoms with van der Waals surface area (Å²) in [6.45, 7) is 16.6. The van der Waals surface area contributed by atoms with Gasteiger partial charge in [-0.1, -0.05) is 69.8 Å². The van der Waals surface area contributed by atoms with Gasteiger partial charge < -0.3 is 9.64 Å². The topological polar surface area (TPSA) is 19.0 Å². The SMILES string of the molecule is CCN(CC)P(=S)(C1=C(N2CCOCC2)C(=Cc2ccccc2)CCC1)N(CC)CC. The molecule has 2 aliphatic rings. The molecule has 0 radical (unpaired) electrons. The van der Waals surface area contributed by atoms with Crippen molar-refractivity contribution in [2.45, 2.75) is 47.0 Å². The van der Waals surface area contributed by atoms with Gasteiger partial charge in [0.25, 0.3) is 0 Å². The number of rotatable bonds is 9. The number of nitrogens with zero attached hydrogens (tertiary/aromatic N) is 3. The van der Waals surface area contributed by atoms with Crippen molar-refractivity contribution in [2.75, 3.05) is 52.5 Å². The molecule has 0 aromatic heterocycles. The normalized spacial score (nSPS) is 19.7. The molecule has 1 fully saturated rings. The fourth-order valence-corrected chi connectivity index (χ4v) is 10.5. The number of allylic oxidation sites excluding steroid dienone is 2. The van der Waals surface area contributed by atoms with Crippen molar-refractivity contribution >= 4 is 24.2 Å². The molecule has 1 aromatic rings. The maximum Gasteiger partial charge on any atom is 0.105 e. The van der Waals surface area contributed by atoms with Crippen LogP contribution in [0.1, 0.15) is 52.5 Å². The van der Waals surface area contributed by atoms with E-state index in [0.29, 0.717) is 0 Å². The van der Waals surface area contributed by atoms with Gasteiger partial charge in [0.1, 0.15) is 6.34 Å². The maximum absolute atomic E-state index is 6.75. The van der Waals surface area contributed by atoms with Crippen LogP contribution in [0.2, 0.25) is 0 Å². The predicted octanol–water partition coefficient (Wildman–Crippen LogP) is 5.79. The van der Waals surface area contributed by atoms with Gasteiger partial charge in [-0.25, -0.2) is 0 Å². The average molecular weight is 462 g/mol. The number of morpholine rings is 1. The molecule has 1 heterocycles. The van der Waals surface area contributed by atoms with Crippen molar-refractivity contribution < 1.29 is 4.74 Å². The lowest BCUT2D eigenvalue weighted by Crippen LogP contribution is -2.39. The molecule has 0 unspecified atom stereocenters. The van der Waals surface area contributed by atoms with Gasteiger partial charge >= 0.3 is 0 Å². The Balaban J connectivity index is 2.22. The van der Waals surface area contributed by atoms with Gasteiger partial charge in [0.15, 0.2) is 0 Å². The lowest BCUT2D eigenvalue weighted by Gasteiger charge is -2.47. The summed E-state index contributed by atoms with van der Waals surface area (Å²) in [7, 11) is 0. The van der Waals surface area contributed by atoms with Crippen molar-refractivity contribution in [1.82, 2.24) is 14.2 Å². The van der Waals surface area contributed by atoms with Crippen molar-refractivity contribution in [3.8, 4) is 0 Å². The first-order chi connectivity index (χ1) is 15.1. The Kier molecular flexibility index (Phi) is 9.36. The van der Waals surface area contributed by atoms with Crippen LogP contribution in [0, 0.1) is 0 Å². The molecule has 4 nitrogen and oxygen atoms in total. The fraction of sp³-hybridized carbons (Fsp3) is 0.600. The summed E-state index contributed by atoms with van der Waals surface area (Å²) in [5.41, 5.74) is 4.19. The summed E-state index contributed by atoms with van der Waals surface area (Å²) in [5, 5.41) is 1.53. The summed E-state index contributed by atoms with van der Waals surface area (Å²) in [6.07, 6.45) is 3.81. The second-order valence-electron chi connectivity index (χ2n) is 8.15. The molecular weight excluding hydrogens is 421 g/mol. The molecule has 1 saturated heterocycles. The zero-order valence-electron chi connectivity index (χ0n) is 19.8. The van der Waals surface area contributed by atoms with Crippen molar-refractivity contribution in [2.24, 2.45) is 0 Å². The molecular formula is C25H40N3OPS. The van der Waals surface area contributed by atoms with Crippen LogP contribution in [-0.2, 0) is 16.5 Å². The first-order valence-corrected chi connectivity index (χ1v) is 14.7. The lowest BCUT2D eigenvalue weighted by atomic mass is 9.94. The van der Waals surface area contributed by atoms with Crippen molar-refractivity contribution in [1.29, 1.82) is 0 Å². The average Bonchev–Trinajstić information content (AvgIpc) is 2.81. The standard InChI is InChI=1S/C25H40N3OPS/c1-5-27(6-2)30(31,28(7-3)8-4)24-16-12-15-23(21-22-13-10-9-11-14-22)25(24)26-17-19-29-20-18-26/h9-11,13-14,21H,5-8,12,15-20H2,1-4H3. The highest BCUT2D eigenvalue weighted by Crippen LogP contribution is 2.64. The van der Waals surface area contributed by atoms with Crippen LogP contribution in [0.3, 0.4) is 0 Å². The molecule has 0 atom stereocenters. The summed E-state index contributed by atoms with van der Waals surface area (Å²) >= 11 is 6.75. The van der Waals surface area contributed by atoms with Crippen LogP contribution in [0.5, 0.6) is 0 Å². The Morgan fingerprint density at radius 2 is 1.52 bits per heavy atom. The van der Waals surface area contributed by atoms with Crippen LogP contribution >= 0.6 is 6.34 Å². The highest BCUT2D eigenvalue weighted by molar-refractivity contribution is 8.14. The highest BCUT2D eigenvalue weighted by atomic mass is 32.4. The van der Waals surface area contributed by atoms with Crippen LogP contribution in [0.15, 0.2) is 46.9 Å². The van der Waals surface area contributed by atoms with Gasteiger partial charge in [0.05, 0.1) is 13.2 Å². The minimum absolute atomic E-state index is 0.800. The van der Waals surface area contributed by atoms with E-state index in [1.165, 1.54) is 28.6 Å². The molecule has 0 amide bonds. The van der Waals surface area contributed by atoms with Crippen LogP contribution in [0.25, 0.3) is 6.08 Å². The molecule has 31 heavy (non-hydrogen) atoms. The van der Waals surface area contributed by atoms with E-state index in [0.717, 1.165) is 65.3 Å². The van der Waals surface area contributed by atoms with E-state index in [1.807, 2.05) is 0 Å². The van der Waals surface area contributed by atoms with E-state index < -0.39 is 6.34 Å². The molecule has 0 saturated carbocycles. The first-order valence-electron chi connectivity index (χ1n) is 12.0. The minimum Gasteiger partial charge on any atom is -0.378 e. The van der Waals surface area contributed by atoms with Crippen LogP contribution < -0.4 is 0 Å². The Morgan fingerprint density at radius 1 is 0.935 bits per heavy atom. The van der Waals surface area contributed by atoms with E-state index >= 15 is 0 Å². The molecule has 6 heteroatoms. The van der Waals surface area contributed by atoms with Gasteiger partial charge in [-0.3, -0.25) is 9.34 Å². The number of hydrogen-bond acceptors (Lipinski definition) is 3. The fourth-order valence-electron chi connectivity index (χ4n) is 4.95. The smallest absolute Gasteiger partial charge is 0.105 e. The van der Waals surface area contributed by atoms with E-state index in [1.54, 1.807) is 0 Å². The second-order valence-corrected chi connectivity index (χ2v) is 12.4. The number of ether oxygens (including phenoxy) is 1. The Hall–Kier alpha value is -0.970. The highest BCUT2D eigenvalue weighted by Gasteiger charge is 2.38. The zero-order valence-corrected chi connectivity index (χ0v) is 21.6. The molecule has 1 aromatic carbocycles. The van der Waals surface area contributed by atoms with Gasteiger partial charge in [0.2, 0.25) is 0 Å². The molecule has 0 N–H and O–H groups in total. The quantitative estimate of drug-likeness (QED) is 0.432. The Morgan fingerprint density at radius 3 is 2.06 bits per heavy atom. The summed E-state index contributed by atoms with van der Waals surface area (Å²) < 4.78 is 10.9. The third kappa shape index (κ3) is 5.34. The van der Waals surface area contributed by atoms with Gasteiger partial charge in [0, 0.05) is 50.3 Å². The summed E-state index contributed by atoms with van der Waals surface area (Å²) in [6, 6.07) is 10.8. The van der Waals surface area contributed by atoms with E-state index in [4.69, 9.17) is 16.5 Å². The summed E-state index contributed by atoms with van der Waals surface area (Å²) in [5.74, 6) is 0. The zero-order chi connectivity index (χ0) is 22.3. The number of hydrogen-bond donors (Lipinski definition) is 0. The van der Waals surface area contributed by atoms with E-state index in [9.17, 15) is 0 Å². The van der Waals surface area contributed by atoms with Crippen LogP contribution in [0.4, 0.5) is 0 Å². The minimum atomic E-state index is -2.02. The van der Waals surface area contributed by atoms with Gasteiger partial charge in [-0.2, -0.15) is 0 Å². The molecule has 0 spiro atoms. The van der Waals surface area contributed by atoms with Gasteiger partial charge in [-0.05, 0) is 36.5 Å². The Labute approximate surface area is 195 Å². The van der Waals surface area contributed by atoms with Gasteiger partial charge in [-0.15, -0.1) is 0 Å². The lowest BCUT2D eigenvalue weighted by molar-refractivity contribution is 0.0539. The van der Waals surface area contributed by atoms with Crippen LogP contribution in [-0.4, -0.2) is 66.7 Å². The predicted molar refractivity (Wildman–Crippen MR) is 138 cm³/mol. The van der Waals surface area contributed by atoms with E-state index in [-0.39, 0.29) is 0 Å². The molecule has 0 bridgehead atoms. The first kappa shape index (κ1) is 24.7. The summed E-state index contributed by atoms with van der Waals surface area (Å²) in [4.78, 5) is 2.58. The number of benzene rings is 1. The third-order valence-corrected chi connectivity index (χ3v) is 12.3. The largest absolute Gasteiger partial charge is 0.378 e. The maximum atomic E-state index is 6.75. The Bertz CT molecular complexity index is 793. The third-order valence-electron chi connectivity index (χ3n) is 6.48.